The van der Waals surface area contributed by atoms with Gasteiger partial charge in [0, 0.05) is 24.5 Å². The van der Waals surface area contributed by atoms with E-state index in [0.29, 0.717) is 29.4 Å². The SMILES string of the molecule is CCCCCNC(=O)c1ccc(Oc2ccc(NS(C)(=O)=O)cc2)nc1. The van der Waals surface area contributed by atoms with Crippen LogP contribution in [0.25, 0.3) is 0 Å². The number of anilines is 1. The fourth-order valence-corrected chi connectivity index (χ4v) is 2.74. The molecule has 0 saturated heterocycles. The Kier molecular flexibility index (Phi) is 6.97. The summed E-state index contributed by atoms with van der Waals surface area (Å²) in [5.41, 5.74) is 0.921. The van der Waals surface area contributed by atoms with Crippen molar-refractivity contribution >= 4 is 21.6 Å². The number of nitrogens with one attached hydrogen (secondary N) is 2. The number of aromatic nitrogens is 1. The summed E-state index contributed by atoms with van der Waals surface area (Å²) in [5.74, 6) is 0.695. The molecule has 1 amide bonds. The summed E-state index contributed by atoms with van der Waals surface area (Å²) >= 11 is 0. The van der Waals surface area contributed by atoms with Crippen molar-refractivity contribution in [2.45, 2.75) is 26.2 Å². The van der Waals surface area contributed by atoms with Gasteiger partial charge in [-0.2, -0.15) is 0 Å². The first-order valence-corrected chi connectivity index (χ1v) is 10.3. The number of nitrogens with zero attached hydrogens (tertiary/aromatic N) is 1. The van der Waals surface area contributed by atoms with E-state index in [2.05, 4.69) is 21.9 Å². The average Bonchev–Trinajstić information content (AvgIpc) is 2.60. The Morgan fingerprint density at radius 1 is 1.12 bits per heavy atom. The number of ether oxygens (including phenoxy) is 1. The van der Waals surface area contributed by atoms with E-state index in [9.17, 15) is 13.2 Å². The summed E-state index contributed by atoms with van der Waals surface area (Å²) in [6.07, 6.45) is 5.70. The zero-order valence-electron chi connectivity index (χ0n) is 14.9. The van der Waals surface area contributed by atoms with E-state index in [1.807, 2.05) is 0 Å². The Morgan fingerprint density at radius 3 is 2.42 bits per heavy atom. The van der Waals surface area contributed by atoms with Crippen LogP contribution in [0.4, 0.5) is 5.69 Å². The Balaban J connectivity index is 1.91. The normalized spacial score (nSPS) is 11.0. The largest absolute Gasteiger partial charge is 0.439 e. The zero-order valence-corrected chi connectivity index (χ0v) is 15.7. The summed E-state index contributed by atoms with van der Waals surface area (Å²) in [6.45, 7) is 2.76. The fourth-order valence-electron chi connectivity index (χ4n) is 2.18. The van der Waals surface area contributed by atoms with Crippen molar-refractivity contribution in [1.29, 1.82) is 0 Å². The molecular formula is C18H23N3O4S. The lowest BCUT2D eigenvalue weighted by molar-refractivity contribution is 0.0952. The molecule has 0 fully saturated rings. The van der Waals surface area contributed by atoms with Crippen LogP contribution < -0.4 is 14.8 Å². The quantitative estimate of drug-likeness (QED) is 0.654. The molecule has 1 heterocycles. The lowest BCUT2D eigenvalue weighted by Gasteiger charge is -2.08. The molecule has 2 rings (SSSR count). The number of hydrogen-bond donors (Lipinski definition) is 2. The van der Waals surface area contributed by atoms with Gasteiger partial charge in [0.05, 0.1) is 11.8 Å². The lowest BCUT2D eigenvalue weighted by Crippen LogP contribution is -2.24. The van der Waals surface area contributed by atoms with E-state index < -0.39 is 10.0 Å². The van der Waals surface area contributed by atoms with E-state index >= 15 is 0 Å². The second-order valence-corrected chi connectivity index (χ2v) is 7.60. The first-order chi connectivity index (χ1) is 12.4. The first-order valence-electron chi connectivity index (χ1n) is 8.37. The van der Waals surface area contributed by atoms with E-state index in [-0.39, 0.29) is 5.91 Å². The third-order valence-corrected chi connectivity index (χ3v) is 4.05. The number of benzene rings is 1. The Bertz CT molecular complexity index is 819. The molecule has 1 aromatic carbocycles. The summed E-state index contributed by atoms with van der Waals surface area (Å²) in [7, 11) is -3.31. The van der Waals surface area contributed by atoms with Crippen molar-refractivity contribution in [3.8, 4) is 11.6 Å². The molecule has 0 aliphatic carbocycles. The van der Waals surface area contributed by atoms with Gasteiger partial charge in [-0.25, -0.2) is 13.4 Å². The van der Waals surface area contributed by atoms with Crippen LogP contribution in [0.5, 0.6) is 11.6 Å². The highest BCUT2D eigenvalue weighted by Gasteiger charge is 2.07. The molecule has 0 aliphatic rings. The molecule has 0 aliphatic heterocycles. The molecule has 140 valence electrons. The number of carbonyl (C=O) groups excluding carboxylic acids is 1. The number of unbranched alkanes of at least 4 members (excludes halogenated alkanes) is 2. The summed E-state index contributed by atoms with van der Waals surface area (Å²) in [5, 5.41) is 2.85. The van der Waals surface area contributed by atoms with E-state index in [0.717, 1.165) is 25.5 Å². The Labute approximate surface area is 153 Å². The third-order valence-electron chi connectivity index (χ3n) is 3.44. The third kappa shape index (κ3) is 6.72. The lowest BCUT2D eigenvalue weighted by atomic mass is 10.2. The van der Waals surface area contributed by atoms with Gasteiger partial charge in [0.15, 0.2) is 0 Å². The number of rotatable bonds is 9. The van der Waals surface area contributed by atoms with Crippen molar-refractivity contribution in [2.24, 2.45) is 0 Å². The van der Waals surface area contributed by atoms with Gasteiger partial charge in [-0.05, 0) is 36.8 Å². The zero-order chi connectivity index (χ0) is 19.0. The minimum Gasteiger partial charge on any atom is -0.439 e. The topological polar surface area (TPSA) is 97.4 Å². The van der Waals surface area contributed by atoms with Crippen molar-refractivity contribution in [2.75, 3.05) is 17.5 Å². The van der Waals surface area contributed by atoms with Crippen molar-refractivity contribution in [1.82, 2.24) is 10.3 Å². The second-order valence-electron chi connectivity index (χ2n) is 5.85. The van der Waals surface area contributed by atoms with E-state index in [4.69, 9.17) is 4.74 Å². The molecule has 26 heavy (non-hydrogen) atoms. The van der Waals surface area contributed by atoms with Gasteiger partial charge >= 0.3 is 0 Å². The van der Waals surface area contributed by atoms with Gasteiger partial charge in [0.1, 0.15) is 5.75 Å². The monoisotopic (exact) mass is 377 g/mol. The first kappa shape index (κ1) is 19.7. The van der Waals surface area contributed by atoms with Crippen LogP contribution in [0, 0.1) is 0 Å². The van der Waals surface area contributed by atoms with E-state index in [1.54, 1.807) is 36.4 Å². The van der Waals surface area contributed by atoms with Crippen LogP contribution in [-0.4, -0.2) is 32.1 Å². The van der Waals surface area contributed by atoms with Crippen LogP contribution in [0.3, 0.4) is 0 Å². The minimum atomic E-state index is -3.31. The van der Waals surface area contributed by atoms with Gasteiger partial charge in [-0.3, -0.25) is 9.52 Å². The molecule has 0 radical (unpaired) electrons. The fraction of sp³-hybridized carbons (Fsp3) is 0.333. The molecule has 7 nitrogen and oxygen atoms in total. The van der Waals surface area contributed by atoms with Gasteiger partial charge < -0.3 is 10.1 Å². The average molecular weight is 377 g/mol. The molecule has 1 aromatic heterocycles. The number of pyridine rings is 1. The predicted molar refractivity (Wildman–Crippen MR) is 101 cm³/mol. The van der Waals surface area contributed by atoms with Crippen LogP contribution in [0.1, 0.15) is 36.5 Å². The molecule has 0 spiro atoms. The van der Waals surface area contributed by atoms with Gasteiger partial charge in [-0.1, -0.05) is 19.8 Å². The molecular weight excluding hydrogens is 354 g/mol. The van der Waals surface area contributed by atoms with Gasteiger partial charge in [0.25, 0.3) is 5.91 Å². The smallest absolute Gasteiger partial charge is 0.252 e. The van der Waals surface area contributed by atoms with Crippen LogP contribution in [0.15, 0.2) is 42.6 Å². The second kappa shape index (κ2) is 9.19. The molecule has 8 heteroatoms. The summed E-state index contributed by atoms with van der Waals surface area (Å²) in [4.78, 5) is 16.1. The Morgan fingerprint density at radius 2 is 1.85 bits per heavy atom. The van der Waals surface area contributed by atoms with Gasteiger partial charge in [0.2, 0.25) is 15.9 Å². The molecule has 0 bridgehead atoms. The maximum atomic E-state index is 12.0. The maximum Gasteiger partial charge on any atom is 0.252 e. The number of carbonyl (C=O) groups is 1. The van der Waals surface area contributed by atoms with Crippen molar-refractivity contribution < 1.29 is 17.9 Å². The van der Waals surface area contributed by atoms with Crippen molar-refractivity contribution in [3.63, 3.8) is 0 Å². The highest BCUT2D eigenvalue weighted by atomic mass is 32.2. The van der Waals surface area contributed by atoms with E-state index in [1.165, 1.54) is 6.20 Å². The standard InChI is InChI=1S/C18H23N3O4S/c1-3-4-5-12-19-18(22)14-6-11-17(20-13-14)25-16-9-7-15(8-10-16)21-26(2,23)24/h6-11,13,21H,3-5,12H2,1-2H3,(H,19,22). The maximum absolute atomic E-state index is 12.0. The molecule has 0 saturated carbocycles. The summed E-state index contributed by atoms with van der Waals surface area (Å²) in [6, 6.07) is 9.71. The number of sulfonamides is 1. The number of amides is 1. The summed E-state index contributed by atoms with van der Waals surface area (Å²) < 4.78 is 30.3. The van der Waals surface area contributed by atoms with Crippen LogP contribution >= 0.6 is 0 Å². The van der Waals surface area contributed by atoms with Crippen LogP contribution in [-0.2, 0) is 10.0 Å². The number of hydrogen-bond acceptors (Lipinski definition) is 5. The van der Waals surface area contributed by atoms with Crippen molar-refractivity contribution in [3.05, 3.63) is 48.2 Å². The molecule has 0 unspecified atom stereocenters. The minimum absolute atomic E-state index is 0.156. The molecule has 0 atom stereocenters. The molecule has 2 N–H and O–H groups in total. The highest BCUT2D eigenvalue weighted by molar-refractivity contribution is 7.92. The Hall–Kier alpha value is -2.61. The molecule has 2 aromatic rings. The highest BCUT2D eigenvalue weighted by Crippen LogP contribution is 2.22. The predicted octanol–water partition coefficient (Wildman–Crippen LogP) is 3.17. The van der Waals surface area contributed by atoms with Crippen LogP contribution in [0.2, 0.25) is 0 Å². The van der Waals surface area contributed by atoms with Gasteiger partial charge in [-0.15, -0.1) is 0 Å².